The lowest BCUT2D eigenvalue weighted by Gasteiger charge is -2.30. The largest absolute Gasteiger partial charge is 0.384 e. The van der Waals surface area contributed by atoms with Crippen molar-refractivity contribution in [1.29, 1.82) is 0 Å². The number of hydrogen-bond donors (Lipinski definition) is 1. The average molecular weight is 365 g/mol. The Morgan fingerprint density at radius 2 is 2.32 bits per heavy atom. The van der Waals surface area contributed by atoms with E-state index >= 15 is 0 Å². The van der Waals surface area contributed by atoms with E-state index in [4.69, 9.17) is 9.26 Å². The molecule has 25 heavy (non-hydrogen) atoms. The second-order valence-electron chi connectivity index (χ2n) is 6.07. The molecule has 3 rings (SSSR count). The predicted octanol–water partition coefficient (Wildman–Crippen LogP) is 2.08. The van der Waals surface area contributed by atoms with Gasteiger partial charge in [-0.15, -0.1) is 0 Å². The number of thiazole rings is 1. The number of hydrogen-bond acceptors (Lipinski definition) is 8. The van der Waals surface area contributed by atoms with E-state index in [1.807, 2.05) is 11.8 Å². The SMILES string of the molecule is CNc1nc(C)c(C(=O)N2CCC[C@@H](c3nc(CCOC)no3)C2)s1. The van der Waals surface area contributed by atoms with E-state index in [2.05, 4.69) is 20.4 Å². The van der Waals surface area contributed by atoms with Gasteiger partial charge in [-0.1, -0.05) is 16.5 Å². The van der Waals surface area contributed by atoms with Crippen molar-refractivity contribution in [2.24, 2.45) is 0 Å². The third-order valence-corrected chi connectivity index (χ3v) is 5.44. The molecular formula is C16H23N5O3S. The normalized spacial score (nSPS) is 17.7. The van der Waals surface area contributed by atoms with Crippen molar-refractivity contribution in [3.63, 3.8) is 0 Å². The molecule has 1 N–H and O–H groups in total. The molecule has 0 bridgehead atoms. The topological polar surface area (TPSA) is 93.4 Å². The molecule has 0 aromatic carbocycles. The van der Waals surface area contributed by atoms with Crippen LogP contribution in [0.5, 0.6) is 0 Å². The van der Waals surface area contributed by atoms with Gasteiger partial charge in [0.2, 0.25) is 5.89 Å². The number of nitrogens with one attached hydrogen (secondary N) is 1. The highest BCUT2D eigenvalue weighted by Gasteiger charge is 2.30. The van der Waals surface area contributed by atoms with Crippen molar-refractivity contribution in [2.75, 3.05) is 39.2 Å². The fraction of sp³-hybridized carbons (Fsp3) is 0.625. The summed E-state index contributed by atoms with van der Waals surface area (Å²) in [7, 11) is 3.45. The van der Waals surface area contributed by atoms with Crippen molar-refractivity contribution in [3.8, 4) is 0 Å². The minimum Gasteiger partial charge on any atom is -0.384 e. The number of carbonyl (C=O) groups is 1. The van der Waals surface area contributed by atoms with E-state index in [9.17, 15) is 4.79 Å². The summed E-state index contributed by atoms with van der Waals surface area (Å²) >= 11 is 1.39. The summed E-state index contributed by atoms with van der Waals surface area (Å²) in [5.74, 6) is 1.37. The summed E-state index contributed by atoms with van der Waals surface area (Å²) < 4.78 is 10.4. The van der Waals surface area contributed by atoms with Crippen LogP contribution in [-0.4, -0.2) is 59.8 Å². The molecule has 0 spiro atoms. The standard InChI is InChI=1S/C16H23N5O3S/c1-10-13(25-16(17-2)18-10)15(22)21-7-4-5-11(9-21)14-19-12(20-24-14)6-8-23-3/h11H,4-9H2,1-3H3,(H,17,18)/t11-/m1/s1. The molecule has 1 atom stereocenters. The Hall–Kier alpha value is -2.00. The molecule has 1 aliphatic heterocycles. The zero-order chi connectivity index (χ0) is 17.8. The van der Waals surface area contributed by atoms with Crippen LogP contribution in [0.4, 0.5) is 5.13 Å². The second-order valence-corrected chi connectivity index (χ2v) is 7.06. The van der Waals surface area contributed by atoms with Crippen LogP contribution in [0.15, 0.2) is 4.52 Å². The molecule has 1 aliphatic rings. The van der Waals surface area contributed by atoms with Crippen LogP contribution in [0.3, 0.4) is 0 Å². The van der Waals surface area contributed by atoms with Gasteiger partial charge in [-0.3, -0.25) is 4.79 Å². The highest BCUT2D eigenvalue weighted by Crippen LogP contribution is 2.29. The minimum atomic E-state index is 0.0281. The Labute approximate surface area is 150 Å². The van der Waals surface area contributed by atoms with Crippen LogP contribution in [-0.2, 0) is 11.2 Å². The Bertz CT molecular complexity index is 729. The molecule has 2 aromatic rings. The summed E-state index contributed by atoms with van der Waals surface area (Å²) in [6.07, 6.45) is 2.49. The highest BCUT2D eigenvalue weighted by atomic mass is 32.1. The smallest absolute Gasteiger partial charge is 0.265 e. The number of rotatable bonds is 6. The van der Waals surface area contributed by atoms with Crippen LogP contribution in [0.25, 0.3) is 0 Å². The molecule has 0 saturated carbocycles. The fourth-order valence-corrected chi connectivity index (χ4v) is 3.82. The Kier molecular flexibility index (Phi) is 5.64. The molecule has 1 fully saturated rings. The van der Waals surface area contributed by atoms with Gasteiger partial charge in [0.1, 0.15) is 4.88 Å². The first-order chi connectivity index (χ1) is 12.1. The van der Waals surface area contributed by atoms with Gasteiger partial charge in [0, 0.05) is 33.7 Å². The molecule has 8 nitrogen and oxygen atoms in total. The van der Waals surface area contributed by atoms with Gasteiger partial charge in [0.25, 0.3) is 5.91 Å². The molecule has 136 valence electrons. The Morgan fingerprint density at radius 1 is 1.48 bits per heavy atom. The van der Waals surface area contributed by atoms with Crippen molar-refractivity contribution in [3.05, 3.63) is 22.3 Å². The number of likely N-dealkylation sites (tertiary alicyclic amines) is 1. The highest BCUT2D eigenvalue weighted by molar-refractivity contribution is 7.17. The zero-order valence-corrected chi connectivity index (χ0v) is 15.6. The third kappa shape index (κ3) is 3.98. The summed E-state index contributed by atoms with van der Waals surface area (Å²) in [5, 5.41) is 7.75. The number of amides is 1. The van der Waals surface area contributed by atoms with Gasteiger partial charge in [-0.25, -0.2) is 4.98 Å². The maximum absolute atomic E-state index is 12.9. The molecule has 0 radical (unpaired) electrons. The van der Waals surface area contributed by atoms with E-state index in [1.165, 1.54) is 11.3 Å². The molecule has 0 unspecified atom stereocenters. The lowest BCUT2D eigenvalue weighted by molar-refractivity contribution is 0.0699. The fourth-order valence-electron chi connectivity index (χ4n) is 2.94. The first-order valence-corrected chi connectivity index (χ1v) is 9.20. The molecule has 9 heteroatoms. The molecule has 3 heterocycles. The van der Waals surface area contributed by atoms with Crippen LogP contribution in [0.1, 0.15) is 45.8 Å². The first kappa shape index (κ1) is 17.8. The molecule has 0 aliphatic carbocycles. The summed E-state index contributed by atoms with van der Waals surface area (Å²) in [6.45, 7) is 3.77. The van der Waals surface area contributed by atoms with E-state index in [1.54, 1.807) is 14.2 Å². The van der Waals surface area contributed by atoms with Crippen LogP contribution in [0, 0.1) is 6.92 Å². The van der Waals surface area contributed by atoms with Crippen molar-refractivity contribution < 1.29 is 14.1 Å². The van der Waals surface area contributed by atoms with Gasteiger partial charge in [0.05, 0.1) is 18.2 Å². The number of nitrogens with zero attached hydrogens (tertiary/aromatic N) is 4. The maximum Gasteiger partial charge on any atom is 0.265 e. The zero-order valence-electron chi connectivity index (χ0n) is 14.7. The summed E-state index contributed by atoms with van der Waals surface area (Å²) in [4.78, 5) is 24.2. The van der Waals surface area contributed by atoms with Crippen molar-refractivity contribution in [2.45, 2.75) is 32.1 Å². The minimum absolute atomic E-state index is 0.0281. The summed E-state index contributed by atoms with van der Waals surface area (Å²) in [5.41, 5.74) is 0.765. The molecule has 1 amide bonds. The van der Waals surface area contributed by atoms with Crippen LogP contribution in [0.2, 0.25) is 0 Å². The molecular weight excluding hydrogens is 342 g/mol. The Balaban J connectivity index is 1.69. The number of anilines is 1. The van der Waals surface area contributed by atoms with Crippen molar-refractivity contribution in [1.82, 2.24) is 20.0 Å². The van der Waals surface area contributed by atoms with Crippen molar-refractivity contribution >= 4 is 22.4 Å². The lowest BCUT2D eigenvalue weighted by Crippen LogP contribution is -2.39. The van der Waals surface area contributed by atoms with Gasteiger partial charge in [0.15, 0.2) is 11.0 Å². The van der Waals surface area contributed by atoms with Crippen LogP contribution < -0.4 is 5.32 Å². The quantitative estimate of drug-likeness (QED) is 0.837. The number of ether oxygens (including phenoxy) is 1. The molecule has 1 saturated heterocycles. The third-order valence-electron chi connectivity index (χ3n) is 4.28. The van der Waals surface area contributed by atoms with Gasteiger partial charge in [-0.2, -0.15) is 4.98 Å². The van der Waals surface area contributed by atoms with E-state index < -0.39 is 0 Å². The van der Waals surface area contributed by atoms with Gasteiger partial charge < -0.3 is 19.5 Å². The summed E-state index contributed by atoms with van der Waals surface area (Å²) in [6, 6.07) is 0. The molecule has 2 aromatic heterocycles. The number of carbonyl (C=O) groups excluding carboxylic acids is 1. The van der Waals surface area contributed by atoms with Gasteiger partial charge in [-0.05, 0) is 19.8 Å². The number of methoxy groups -OCH3 is 1. The first-order valence-electron chi connectivity index (χ1n) is 8.38. The number of aromatic nitrogens is 3. The monoisotopic (exact) mass is 365 g/mol. The average Bonchev–Trinajstić information content (AvgIpc) is 3.26. The van der Waals surface area contributed by atoms with E-state index in [0.29, 0.717) is 36.2 Å². The van der Waals surface area contributed by atoms with Crippen LogP contribution >= 0.6 is 11.3 Å². The second kappa shape index (κ2) is 7.92. The predicted molar refractivity (Wildman–Crippen MR) is 94.2 cm³/mol. The van der Waals surface area contributed by atoms with E-state index in [-0.39, 0.29) is 11.8 Å². The lowest BCUT2D eigenvalue weighted by atomic mass is 9.98. The van der Waals surface area contributed by atoms with E-state index in [0.717, 1.165) is 30.2 Å². The Morgan fingerprint density at radius 3 is 3.04 bits per heavy atom. The number of aryl methyl sites for hydroxylation is 1. The maximum atomic E-state index is 12.9. The van der Waals surface area contributed by atoms with Gasteiger partial charge >= 0.3 is 0 Å². The number of piperidine rings is 1.